The third-order valence-corrected chi connectivity index (χ3v) is 6.43. The Morgan fingerprint density at radius 1 is 1.07 bits per heavy atom. The smallest absolute Gasteiger partial charge is 0.228 e. The number of thioether (sulfide) groups is 1. The summed E-state index contributed by atoms with van der Waals surface area (Å²) in [5.74, 6) is 2.47. The summed E-state index contributed by atoms with van der Waals surface area (Å²) in [6.45, 7) is 2.64. The fourth-order valence-electron chi connectivity index (χ4n) is 3.62. The van der Waals surface area contributed by atoms with Gasteiger partial charge in [-0.05, 0) is 37.1 Å². The van der Waals surface area contributed by atoms with E-state index in [9.17, 15) is 0 Å². The van der Waals surface area contributed by atoms with Crippen LogP contribution in [0.5, 0.6) is 0 Å². The number of para-hydroxylation sites is 1. The van der Waals surface area contributed by atoms with Crippen LogP contribution in [0.2, 0.25) is 5.15 Å². The van der Waals surface area contributed by atoms with Crippen molar-refractivity contribution in [3.8, 4) is 0 Å². The number of hydrogen-bond acceptors (Lipinski definition) is 6. The lowest BCUT2D eigenvalue weighted by atomic mass is 10.2. The summed E-state index contributed by atoms with van der Waals surface area (Å²) in [5, 5.41) is 11.4. The summed E-state index contributed by atoms with van der Waals surface area (Å²) in [7, 11) is 0. The molecule has 0 spiro atoms. The van der Waals surface area contributed by atoms with Crippen molar-refractivity contribution in [3.63, 3.8) is 0 Å². The molecule has 3 aromatic heterocycles. The fraction of sp³-hybridized carbons (Fsp3) is 0.286. The number of benzene rings is 1. The standard InChI is InChI=1S/C21H20ClN5OS/c22-19-16(12-15-6-1-2-8-18(15)23-19)14-29-21-25-24-20(26-9-3-4-10-26)27(21)13-17-7-5-11-28-17/h1-2,5-8,11-12H,3-4,9-10,13-14H2. The molecule has 1 aromatic carbocycles. The Kier molecular flexibility index (Phi) is 5.16. The average Bonchev–Trinajstić information content (AvgIpc) is 3.49. The number of nitrogens with zero attached hydrogens (tertiary/aromatic N) is 5. The van der Waals surface area contributed by atoms with Gasteiger partial charge >= 0.3 is 0 Å². The molecule has 0 atom stereocenters. The minimum Gasteiger partial charge on any atom is -0.467 e. The average molecular weight is 426 g/mol. The van der Waals surface area contributed by atoms with E-state index < -0.39 is 0 Å². The van der Waals surface area contributed by atoms with Crippen LogP contribution in [0, 0.1) is 0 Å². The molecule has 1 fully saturated rings. The minimum atomic E-state index is 0.535. The fourth-order valence-corrected chi connectivity index (χ4v) is 4.81. The van der Waals surface area contributed by atoms with Crippen molar-refractivity contribution in [1.82, 2.24) is 19.7 Å². The van der Waals surface area contributed by atoms with E-state index in [1.807, 2.05) is 30.3 Å². The van der Waals surface area contributed by atoms with Crippen LogP contribution in [0.15, 0.2) is 58.3 Å². The number of rotatable bonds is 6. The second-order valence-electron chi connectivity index (χ2n) is 7.06. The molecule has 6 nitrogen and oxygen atoms in total. The van der Waals surface area contributed by atoms with E-state index >= 15 is 0 Å². The zero-order valence-electron chi connectivity index (χ0n) is 15.8. The van der Waals surface area contributed by atoms with E-state index in [2.05, 4.69) is 36.8 Å². The van der Waals surface area contributed by atoms with Crippen LogP contribution < -0.4 is 4.90 Å². The highest BCUT2D eigenvalue weighted by atomic mass is 35.5. The van der Waals surface area contributed by atoms with Crippen LogP contribution in [-0.2, 0) is 12.3 Å². The molecule has 0 bridgehead atoms. The number of halogens is 1. The van der Waals surface area contributed by atoms with Gasteiger partial charge in [-0.1, -0.05) is 41.6 Å². The molecule has 0 radical (unpaired) electrons. The first-order chi connectivity index (χ1) is 14.3. The lowest BCUT2D eigenvalue weighted by molar-refractivity contribution is 0.483. The van der Waals surface area contributed by atoms with Crippen LogP contribution in [0.25, 0.3) is 10.9 Å². The number of aromatic nitrogens is 4. The lowest BCUT2D eigenvalue weighted by Gasteiger charge is -2.17. The molecule has 148 valence electrons. The lowest BCUT2D eigenvalue weighted by Crippen LogP contribution is -2.22. The van der Waals surface area contributed by atoms with E-state index in [1.165, 1.54) is 12.8 Å². The van der Waals surface area contributed by atoms with Gasteiger partial charge in [0.2, 0.25) is 5.95 Å². The number of fused-ring (bicyclic) bond motifs is 1. The molecule has 0 amide bonds. The molecule has 1 aliphatic rings. The number of hydrogen-bond donors (Lipinski definition) is 0. The predicted octanol–water partition coefficient (Wildman–Crippen LogP) is 5.01. The van der Waals surface area contributed by atoms with Crippen molar-refractivity contribution in [2.45, 2.75) is 30.3 Å². The van der Waals surface area contributed by atoms with E-state index in [0.29, 0.717) is 17.5 Å². The van der Waals surface area contributed by atoms with Crippen LogP contribution >= 0.6 is 23.4 Å². The van der Waals surface area contributed by atoms with Gasteiger partial charge < -0.3 is 9.32 Å². The maximum Gasteiger partial charge on any atom is 0.228 e. The summed E-state index contributed by atoms with van der Waals surface area (Å²) in [6, 6.07) is 14.0. The molecule has 4 aromatic rings. The first-order valence-electron chi connectivity index (χ1n) is 9.65. The minimum absolute atomic E-state index is 0.535. The van der Waals surface area contributed by atoms with E-state index in [0.717, 1.165) is 46.4 Å². The van der Waals surface area contributed by atoms with Gasteiger partial charge in [-0.3, -0.25) is 4.57 Å². The number of pyridine rings is 1. The van der Waals surface area contributed by atoms with E-state index in [1.54, 1.807) is 18.0 Å². The predicted molar refractivity (Wildman–Crippen MR) is 116 cm³/mol. The molecule has 0 saturated carbocycles. The Labute approximate surface area is 177 Å². The quantitative estimate of drug-likeness (QED) is 0.319. The highest BCUT2D eigenvalue weighted by molar-refractivity contribution is 7.98. The molecule has 4 heterocycles. The zero-order valence-corrected chi connectivity index (χ0v) is 17.4. The van der Waals surface area contributed by atoms with Gasteiger partial charge in [0.15, 0.2) is 5.16 Å². The Morgan fingerprint density at radius 2 is 1.93 bits per heavy atom. The van der Waals surface area contributed by atoms with Crippen molar-refractivity contribution >= 4 is 40.2 Å². The highest BCUT2D eigenvalue weighted by Gasteiger charge is 2.22. The monoisotopic (exact) mass is 425 g/mol. The van der Waals surface area contributed by atoms with Gasteiger partial charge in [0.1, 0.15) is 10.9 Å². The summed E-state index contributed by atoms with van der Waals surface area (Å²) in [5.41, 5.74) is 1.90. The van der Waals surface area contributed by atoms with Gasteiger partial charge in [0, 0.05) is 29.8 Å². The first kappa shape index (κ1) is 18.5. The molecule has 0 aliphatic carbocycles. The summed E-state index contributed by atoms with van der Waals surface area (Å²) < 4.78 is 7.71. The Morgan fingerprint density at radius 3 is 2.76 bits per heavy atom. The second kappa shape index (κ2) is 8.08. The van der Waals surface area contributed by atoms with Crippen molar-refractivity contribution in [2.75, 3.05) is 18.0 Å². The third kappa shape index (κ3) is 3.84. The molecule has 1 aliphatic heterocycles. The van der Waals surface area contributed by atoms with Gasteiger partial charge in [-0.15, -0.1) is 10.2 Å². The Bertz CT molecular complexity index is 1120. The third-order valence-electron chi connectivity index (χ3n) is 5.09. The second-order valence-corrected chi connectivity index (χ2v) is 8.36. The molecule has 0 unspecified atom stereocenters. The van der Waals surface area contributed by atoms with Gasteiger partial charge in [0.25, 0.3) is 0 Å². The SMILES string of the molecule is Clc1nc2ccccc2cc1CSc1nnc(N2CCCC2)n1Cc1ccco1. The molecular weight excluding hydrogens is 406 g/mol. The number of anilines is 1. The van der Waals surface area contributed by atoms with Gasteiger partial charge in [0.05, 0.1) is 18.3 Å². The van der Waals surface area contributed by atoms with Crippen molar-refractivity contribution in [2.24, 2.45) is 0 Å². The summed E-state index contributed by atoms with van der Waals surface area (Å²) in [6.07, 6.45) is 4.07. The summed E-state index contributed by atoms with van der Waals surface area (Å²) in [4.78, 5) is 6.82. The van der Waals surface area contributed by atoms with E-state index in [-0.39, 0.29) is 0 Å². The van der Waals surface area contributed by atoms with Crippen molar-refractivity contribution in [1.29, 1.82) is 0 Å². The van der Waals surface area contributed by atoms with Crippen LogP contribution in [-0.4, -0.2) is 32.8 Å². The van der Waals surface area contributed by atoms with Crippen LogP contribution in [0.3, 0.4) is 0 Å². The maximum absolute atomic E-state index is 6.44. The largest absolute Gasteiger partial charge is 0.467 e. The highest BCUT2D eigenvalue weighted by Crippen LogP contribution is 2.30. The topological polar surface area (TPSA) is 60.0 Å². The molecule has 29 heavy (non-hydrogen) atoms. The zero-order chi connectivity index (χ0) is 19.6. The molecule has 8 heteroatoms. The summed E-state index contributed by atoms with van der Waals surface area (Å²) >= 11 is 8.06. The number of furan rings is 1. The normalized spacial score (nSPS) is 14.2. The van der Waals surface area contributed by atoms with E-state index in [4.69, 9.17) is 16.0 Å². The van der Waals surface area contributed by atoms with Gasteiger partial charge in [-0.25, -0.2) is 4.98 Å². The first-order valence-corrected chi connectivity index (χ1v) is 11.0. The Hall–Kier alpha value is -2.51. The molecule has 5 rings (SSSR count). The molecule has 0 N–H and O–H groups in total. The Balaban J connectivity index is 1.42. The van der Waals surface area contributed by atoms with Crippen LogP contribution in [0.4, 0.5) is 5.95 Å². The van der Waals surface area contributed by atoms with Crippen molar-refractivity contribution < 1.29 is 4.42 Å². The molecule has 1 saturated heterocycles. The van der Waals surface area contributed by atoms with Crippen LogP contribution in [0.1, 0.15) is 24.2 Å². The van der Waals surface area contributed by atoms with Gasteiger partial charge in [-0.2, -0.15) is 0 Å². The maximum atomic E-state index is 6.44. The van der Waals surface area contributed by atoms with Crippen molar-refractivity contribution in [3.05, 3.63) is 65.2 Å². The molecular formula is C21H20ClN5OS.